The Kier molecular flexibility index (Phi) is 8.18. The average molecular weight is 554 g/mol. The van der Waals surface area contributed by atoms with Crippen molar-refractivity contribution < 1.29 is 27.9 Å². The van der Waals surface area contributed by atoms with Crippen molar-refractivity contribution in [2.75, 3.05) is 52.5 Å². The van der Waals surface area contributed by atoms with Crippen LogP contribution in [0.5, 0.6) is 0 Å². The zero-order chi connectivity index (χ0) is 27.6. The predicted molar refractivity (Wildman–Crippen MR) is 146 cm³/mol. The van der Waals surface area contributed by atoms with Crippen LogP contribution in [0.1, 0.15) is 42.0 Å². The molecule has 208 valence electrons. The Morgan fingerprint density at radius 2 is 1.56 bits per heavy atom. The molecule has 0 saturated carbocycles. The second-order valence-corrected chi connectivity index (χ2v) is 12.3. The lowest BCUT2D eigenvalue weighted by molar-refractivity contribution is -0.140. The van der Waals surface area contributed by atoms with Crippen LogP contribution in [-0.4, -0.2) is 91.8 Å². The van der Waals surface area contributed by atoms with Crippen molar-refractivity contribution in [1.29, 1.82) is 0 Å². The summed E-state index contributed by atoms with van der Waals surface area (Å²) in [6.45, 7) is 7.14. The molecule has 1 atom stereocenters. The summed E-state index contributed by atoms with van der Waals surface area (Å²) in [7, 11) is -3.61. The minimum atomic E-state index is -3.61. The number of aliphatic hydroxyl groups is 1. The van der Waals surface area contributed by atoms with Gasteiger partial charge in [0.05, 0.1) is 29.7 Å². The van der Waals surface area contributed by atoms with Gasteiger partial charge in [-0.15, -0.1) is 0 Å². The number of ketones is 1. The molecule has 2 aromatic rings. The monoisotopic (exact) mass is 553 g/mol. The summed E-state index contributed by atoms with van der Waals surface area (Å²) in [5.74, 6) is -1.68. The first-order chi connectivity index (χ1) is 18.8. The normalized spacial score (nSPS) is 22.6. The molecule has 0 radical (unpaired) electrons. The largest absolute Gasteiger partial charge is 0.507 e. The molecule has 0 unspecified atom stereocenters. The number of benzene rings is 2. The molecule has 3 aliphatic rings. The Labute approximate surface area is 229 Å². The Balaban J connectivity index is 1.45. The summed E-state index contributed by atoms with van der Waals surface area (Å²) in [5, 5.41) is 11.3. The molecule has 3 aliphatic heterocycles. The van der Waals surface area contributed by atoms with E-state index in [1.54, 1.807) is 4.90 Å². The number of nitrogens with zero attached hydrogens (tertiary/aromatic N) is 3. The number of ether oxygens (including phenoxy) is 1. The minimum Gasteiger partial charge on any atom is -0.507 e. The van der Waals surface area contributed by atoms with Gasteiger partial charge in [-0.25, -0.2) is 8.42 Å². The second-order valence-electron chi connectivity index (χ2n) is 10.3. The molecule has 0 bridgehead atoms. The van der Waals surface area contributed by atoms with Gasteiger partial charge in [-0.2, -0.15) is 4.31 Å². The van der Waals surface area contributed by atoms with Crippen LogP contribution >= 0.6 is 0 Å². The van der Waals surface area contributed by atoms with Crippen molar-refractivity contribution in [2.24, 2.45) is 0 Å². The van der Waals surface area contributed by atoms with Crippen LogP contribution in [-0.2, 0) is 24.3 Å². The zero-order valence-corrected chi connectivity index (χ0v) is 23.0. The van der Waals surface area contributed by atoms with Gasteiger partial charge in [-0.1, -0.05) is 29.8 Å². The lowest BCUT2D eigenvalue weighted by Crippen LogP contribution is -2.38. The van der Waals surface area contributed by atoms with Crippen LogP contribution < -0.4 is 0 Å². The fraction of sp³-hybridized carbons (Fsp3) is 0.448. The van der Waals surface area contributed by atoms with Gasteiger partial charge in [0, 0.05) is 44.8 Å². The summed E-state index contributed by atoms with van der Waals surface area (Å²) >= 11 is 0. The lowest BCUT2D eigenvalue weighted by Gasteiger charge is -2.29. The number of hydrogen-bond acceptors (Lipinski definition) is 7. The van der Waals surface area contributed by atoms with Gasteiger partial charge >= 0.3 is 0 Å². The summed E-state index contributed by atoms with van der Waals surface area (Å²) in [6.07, 6.45) is 2.35. The van der Waals surface area contributed by atoms with Crippen LogP contribution in [0, 0.1) is 6.92 Å². The minimum absolute atomic E-state index is 0.0189. The van der Waals surface area contributed by atoms with E-state index in [-0.39, 0.29) is 16.2 Å². The number of aliphatic hydroxyl groups excluding tert-OH is 1. The van der Waals surface area contributed by atoms with E-state index in [1.807, 2.05) is 31.2 Å². The van der Waals surface area contributed by atoms with Crippen molar-refractivity contribution in [3.05, 3.63) is 70.8 Å². The molecular weight excluding hydrogens is 518 g/mol. The van der Waals surface area contributed by atoms with Crippen LogP contribution in [0.2, 0.25) is 0 Å². The van der Waals surface area contributed by atoms with Gasteiger partial charge in [0.2, 0.25) is 10.0 Å². The van der Waals surface area contributed by atoms with Gasteiger partial charge in [-0.3, -0.25) is 14.5 Å². The number of aryl methyl sites for hydroxylation is 1. The molecule has 2 aromatic carbocycles. The maximum atomic E-state index is 13.3. The first-order valence-corrected chi connectivity index (χ1v) is 15.0. The molecule has 0 spiro atoms. The first kappa shape index (κ1) is 27.5. The van der Waals surface area contributed by atoms with E-state index in [4.69, 9.17) is 4.74 Å². The third kappa shape index (κ3) is 5.65. The van der Waals surface area contributed by atoms with Crippen molar-refractivity contribution in [2.45, 2.75) is 37.1 Å². The Morgan fingerprint density at radius 1 is 0.923 bits per heavy atom. The number of sulfonamides is 1. The molecule has 10 heteroatoms. The molecular formula is C29H35N3O6S. The fourth-order valence-corrected chi connectivity index (χ4v) is 7.03. The van der Waals surface area contributed by atoms with Crippen LogP contribution in [0.4, 0.5) is 0 Å². The highest BCUT2D eigenvalue weighted by molar-refractivity contribution is 7.89. The number of carbonyl (C=O) groups excluding carboxylic acids is 2. The number of likely N-dealkylation sites (tertiary alicyclic amines) is 1. The Morgan fingerprint density at radius 3 is 2.21 bits per heavy atom. The number of Topliss-reactive ketones (excluding diaryl/α,β-unsaturated/α-hetero) is 1. The van der Waals surface area contributed by atoms with E-state index in [2.05, 4.69) is 4.90 Å². The van der Waals surface area contributed by atoms with Gasteiger partial charge < -0.3 is 14.7 Å². The number of hydrogen-bond donors (Lipinski definition) is 1. The van der Waals surface area contributed by atoms with E-state index < -0.39 is 27.8 Å². The standard InChI is InChI=1S/C29H35N3O6S/c1-21-5-7-22(8-6-21)26-25(28(34)29(35)32(26)16-4-13-30-17-19-38-20-18-30)27(33)23-9-11-24(12-10-23)39(36,37)31-14-2-3-15-31/h5-12,26,33H,2-4,13-20H2,1H3/t26-/m0/s1. The van der Waals surface area contributed by atoms with E-state index in [0.717, 1.165) is 43.6 Å². The van der Waals surface area contributed by atoms with Crippen molar-refractivity contribution in [3.8, 4) is 0 Å². The maximum Gasteiger partial charge on any atom is 0.295 e. The maximum absolute atomic E-state index is 13.3. The zero-order valence-electron chi connectivity index (χ0n) is 22.2. The van der Waals surface area contributed by atoms with E-state index in [1.165, 1.54) is 28.6 Å². The average Bonchev–Trinajstić information content (AvgIpc) is 3.58. The van der Waals surface area contributed by atoms with Gasteiger partial charge in [0.25, 0.3) is 11.7 Å². The summed E-state index contributed by atoms with van der Waals surface area (Å²) < 4.78 is 32.7. The molecule has 3 saturated heterocycles. The number of carbonyl (C=O) groups is 2. The molecule has 0 aromatic heterocycles. The summed E-state index contributed by atoms with van der Waals surface area (Å²) in [5.41, 5.74) is 2.09. The van der Waals surface area contributed by atoms with Gasteiger partial charge in [0.15, 0.2) is 0 Å². The van der Waals surface area contributed by atoms with E-state index in [9.17, 15) is 23.1 Å². The quantitative estimate of drug-likeness (QED) is 0.304. The Bertz CT molecular complexity index is 1340. The highest BCUT2D eigenvalue weighted by Gasteiger charge is 2.45. The highest BCUT2D eigenvalue weighted by Crippen LogP contribution is 2.39. The third-order valence-corrected chi connectivity index (χ3v) is 9.65. The second kappa shape index (κ2) is 11.6. The molecule has 1 amide bonds. The van der Waals surface area contributed by atoms with E-state index >= 15 is 0 Å². The summed E-state index contributed by atoms with van der Waals surface area (Å²) in [6, 6.07) is 12.7. The number of rotatable bonds is 8. The fourth-order valence-electron chi connectivity index (χ4n) is 5.51. The highest BCUT2D eigenvalue weighted by atomic mass is 32.2. The smallest absolute Gasteiger partial charge is 0.295 e. The SMILES string of the molecule is Cc1ccc([C@H]2C(=C(O)c3ccc(S(=O)(=O)N4CCCC4)cc3)C(=O)C(=O)N2CCCN2CCOCC2)cc1. The third-order valence-electron chi connectivity index (χ3n) is 7.74. The molecule has 1 N–H and O–H groups in total. The number of amides is 1. The topological polar surface area (TPSA) is 107 Å². The lowest BCUT2D eigenvalue weighted by atomic mass is 9.94. The molecule has 3 heterocycles. The first-order valence-electron chi connectivity index (χ1n) is 13.5. The van der Waals surface area contributed by atoms with Crippen LogP contribution in [0.3, 0.4) is 0 Å². The Hall–Kier alpha value is -3.05. The van der Waals surface area contributed by atoms with E-state index in [0.29, 0.717) is 44.8 Å². The van der Waals surface area contributed by atoms with Crippen molar-refractivity contribution in [1.82, 2.24) is 14.1 Å². The predicted octanol–water partition coefficient (Wildman–Crippen LogP) is 2.92. The van der Waals surface area contributed by atoms with Crippen LogP contribution in [0.15, 0.2) is 59.0 Å². The molecule has 5 rings (SSSR count). The molecule has 0 aliphatic carbocycles. The van der Waals surface area contributed by atoms with Gasteiger partial charge in [0.1, 0.15) is 5.76 Å². The van der Waals surface area contributed by atoms with Gasteiger partial charge in [-0.05, 0) is 56.0 Å². The van der Waals surface area contributed by atoms with Crippen LogP contribution in [0.25, 0.3) is 5.76 Å². The molecule has 3 fully saturated rings. The number of morpholine rings is 1. The van der Waals surface area contributed by atoms with Crippen molar-refractivity contribution >= 4 is 27.5 Å². The molecule has 39 heavy (non-hydrogen) atoms. The van der Waals surface area contributed by atoms with Crippen molar-refractivity contribution in [3.63, 3.8) is 0 Å². The molecule has 9 nitrogen and oxygen atoms in total. The summed E-state index contributed by atoms with van der Waals surface area (Å²) in [4.78, 5) is 30.5.